The van der Waals surface area contributed by atoms with Gasteiger partial charge < -0.3 is 0 Å². The molecule has 0 aliphatic carbocycles. The summed E-state index contributed by atoms with van der Waals surface area (Å²) in [5, 5.41) is 0. The highest BCUT2D eigenvalue weighted by atomic mass is 17.2. The van der Waals surface area contributed by atoms with Crippen molar-refractivity contribution in [3.8, 4) is 0 Å². The predicted molar refractivity (Wildman–Crippen MR) is 50.9 cm³/mol. The van der Waals surface area contributed by atoms with E-state index >= 15 is 0 Å². The lowest BCUT2D eigenvalue weighted by atomic mass is 9.94. The Morgan fingerprint density at radius 1 is 1.25 bits per heavy atom. The summed E-state index contributed by atoms with van der Waals surface area (Å²) < 4.78 is 0. The topological polar surface area (TPSA) is 18.5 Å². The molecule has 0 bridgehead atoms. The minimum atomic E-state index is 0.228. The first-order chi connectivity index (χ1) is 5.76. The quantitative estimate of drug-likeness (QED) is 0.436. The summed E-state index contributed by atoms with van der Waals surface area (Å²) in [5.74, 6) is 0.643. The van der Waals surface area contributed by atoms with E-state index in [2.05, 4.69) is 25.7 Å². The largest absolute Gasteiger partial charge is 0.240 e. The van der Waals surface area contributed by atoms with Crippen molar-refractivity contribution in [1.29, 1.82) is 0 Å². The van der Waals surface area contributed by atoms with Crippen LogP contribution >= 0.6 is 0 Å². The summed E-state index contributed by atoms with van der Waals surface area (Å²) in [6.45, 7) is 6.50. The number of hydrogen-bond acceptors (Lipinski definition) is 2. The summed E-state index contributed by atoms with van der Waals surface area (Å²) in [6, 6.07) is 0. The fourth-order valence-electron chi connectivity index (χ4n) is 1.47. The lowest BCUT2D eigenvalue weighted by molar-refractivity contribution is -0.311. The zero-order chi connectivity index (χ0) is 9.40. The third-order valence-electron chi connectivity index (χ3n) is 2.36. The molecular weight excluding hydrogens is 152 g/mol. The summed E-state index contributed by atoms with van der Waals surface area (Å²) in [5.41, 5.74) is 0. The van der Waals surface area contributed by atoms with Crippen LogP contribution in [0.2, 0.25) is 0 Å². The maximum atomic E-state index is 5.09. The van der Waals surface area contributed by atoms with Gasteiger partial charge in [0.05, 0.1) is 13.2 Å². The van der Waals surface area contributed by atoms with Crippen LogP contribution in [0.25, 0.3) is 0 Å². The van der Waals surface area contributed by atoms with Crippen LogP contribution < -0.4 is 0 Å². The lowest BCUT2D eigenvalue weighted by Gasteiger charge is -2.20. The summed E-state index contributed by atoms with van der Waals surface area (Å²) in [7, 11) is 1.57. The van der Waals surface area contributed by atoms with Gasteiger partial charge in [0.15, 0.2) is 0 Å². The van der Waals surface area contributed by atoms with Crippen molar-refractivity contribution in [2.24, 2.45) is 5.92 Å². The van der Waals surface area contributed by atoms with E-state index in [1.807, 2.05) is 0 Å². The van der Waals surface area contributed by atoms with Crippen LogP contribution in [0, 0.1) is 5.92 Å². The maximum Gasteiger partial charge on any atom is 0.0929 e. The van der Waals surface area contributed by atoms with Crippen LogP contribution in [0.4, 0.5) is 0 Å². The van der Waals surface area contributed by atoms with E-state index in [4.69, 9.17) is 4.89 Å². The average molecular weight is 174 g/mol. The molecule has 0 rings (SSSR count). The predicted octanol–water partition coefficient (Wildman–Crippen LogP) is 3.17. The van der Waals surface area contributed by atoms with Crippen LogP contribution in [-0.4, -0.2) is 13.2 Å². The smallest absolute Gasteiger partial charge is 0.0929 e. The Morgan fingerprint density at radius 2 is 1.92 bits per heavy atom. The van der Waals surface area contributed by atoms with Crippen molar-refractivity contribution in [2.75, 3.05) is 7.11 Å². The number of unbranched alkanes of at least 4 members (excludes halogenated alkanes) is 1. The molecule has 2 nitrogen and oxygen atoms in total. The first-order valence-corrected chi connectivity index (χ1v) is 4.95. The lowest BCUT2D eigenvalue weighted by Crippen LogP contribution is -2.19. The maximum absolute atomic E-state index is 5.09. The molecule has 0 aromatic carbocycles. The zero-order valence-electron chi connectivity index (χ0n) is 8.80. The molecule has 0 fully saturated rings. The van der Waals surface area contributed by atoms with E-state index in [-0.39, 0.29) is 6.10 Å². The Bertz CT molecular complexity index is 93.8. The summed E-state index contributed by atoms with van der Waals surface area (Å²) in [6.07, 6.45) is 5.19. The third kappa shape index (κ3) is 4.73. The van der Waals surface area contributed by atoms with E-state index in [1.54, 1.807) is 7.11 Å². The zero-order valence-corrected chi connectivity index (χ0v) is 8.80. The van der Waals surface area contributed by atoms with Gasteiger partial charge in [-0.05, 0) is 19.3 Å². The van der Waals surface area contributed by atoms with Gasteiger partial charge in [-0.2, -0.15) is 0 Å². The summed E-state index contributed by atoms with van der Waals surface area (Å²) in [4.78, 5) is 9.76. The van der Waals surface area contributed by atoms with Crippen molar-refractivity contribution in [1.82, 2.24) is 0 Å². The summed E-state index contributed by atoms with van der Waals surface area (Å²) >= 11 is 0. The second kappa shape index (κ2) is 7.56. The fourth-order valence-corrected chi connectivity index (χ4v) is 1.47. The second-order valence-corrected chi connectivity index (χ2v) is 3.28. The molecule has 0 aromatic rings. The van der Waals surface area contributed by atoms with Crippen LogP contribution in [-0.2, 0) is 9.78 Å². The minimum absolute atomic E-state index is 0.228. The third-order valence-corrected chi connectivity index (χ3v) is 2.36. The minimum Gasteiger partial charge on any atom is -0.240 e. The standard InChI is InChI=1S/C10H22O2/c1-5-7-8-10(6-2)9(3)12-11-4/h9-10H,5-8H2,1-4H3. The van der Waals surface area contributed by atoms with E-state index in [9.17, 15) is 0 Å². The Morgan fingerprint density at radius 3 is 2.33 bits per heavy atom. The van der Waals surface area contributed by atoms with Gasteiger partial charge in [0.1, 0.15) is 0 Å². The van der Waals surface area contributed by atoms with Crippen LogP contribution in [0.5, 0.6) is 0 Å². The molecular formula is C10H22O2. The van der Waals surface area contributed by atoms with Gasteiger partial charge in [-0.15, -0.1) is 0 Å². The van der Waals surface area contributed by atoms with Crippen LogP contribution in [0.1, 0.15) is 46.5 Å². The monoisotopic (exact) mass is 174 g/mol. The Kier molecular flexibility index (Phi) is 7.51. The van der Waals surface area contributed by atoms with Gasteiger partial charge in [-0.1, -0.05) is 33.1 Å². The van der Waals surface area contributed by atoms with Crippen molar-refractivity contribution in [3.05, 3.63) is 0 Å². The van der Waals surface area contributed by atoms with E-state index in [1.165, 1.54) is 25.7 Å². The first kappa shape index (κ1) is 11.9. The van der Waals surface area contributed by atoms with Crippen molar-refractivity contribution < 1.29 is 9.78 Å². The van der Waals surface area contributed by atoms with Gasteiger partial charge in [-0.3, -0.25) is 0 Å². The number of hydrogen-bond donors (Lipinski definition) is 0. The molecule has 2 atom stereocenters. The molecule has 0 aromatic heterocycles. The average Bonchev–Trinajstić information content (AvgIpc) is 2.06. The van der Waals surface area contributed by atoms with Gasteiger partial charge in [0.2, 0.25) is 0 Å². The fraction of sp³-hybridized carbons (Fsp3) is 1.00. The molecule has 0 aliphatic heterocycles. The van der Waals surface area contributed by atoms with Crippen LogP contribution in [0.3, 0.4) is 0 Å². The van der Waals surface area contributed by atoms with E-state index in [0.717, 1.165) is 0 Å². The van der Waals surface area contributed by atoms with Crippen molar-refractivity contribution >= 4 is 0 Å². The molecule has 0 saturated carbocycles. The Labute approximate surface area is 76.2 Å². The van der Waals surface area contributed by atoms with Gasteiger partial charge in [0.25, 0.3) is 0 Å². The molecule has 12 heavy (non-hydrogen) atoms. The molecule has 74 valence electrons. The molecule has 0 N–H and O–H groups in total. The second-order valence-electron chi connectivity index (χ2n) is 3.28. The van der Waals surface area contributed by atoms with Crippen LogP contribution in [0.15, 0.2) is 0 Å². The molecule has 2 unspecified atom stereocenters. The molecule has 0 saturated heterocycles. The van der Waals surface area contributed by atoms with E-state index < -0.39 is 0 Å². The molecule has 0 radical (unpaired) electrons. The highest BCUT2D eigenvalue weighted by Gasteiger charge is 2.15. The SMILES string of the molecule is CCCCC(CC)C(C)OOC. The first-order valence-electron chi connectivity index (χ1n) is 4.95. The molecule has 2 heteroatoms. The highest BCUT2D eigenvalue weighted by molar-refractivity contribution is 4.63. The number of rotatable bonds is 7. The molecule has 0 aliphatic rings. The Balaban J connectivity index is 3.62. The molecule has 0 spiro atoms. The Hall–Kier alpha value is -0.0800. The van der Waals surface area contributed by atoms with Gasteiger partial charge >= 0.3 is 0 Å². The van der Waals surface area contributed by atoms with E-state index in [0.29, 0.717) is 5.92 Å². The van der Waals surface area contributed by atoms with Crippen molar-refractivity contribution in [3.63, 3.8) is 0 Å². The molecule has 0 heterocycles. The highest BCUT2D eigenvalue weighted by Crippen LogP contribution is 2.18. The normalized spacial score (nSPS) is 16.0. The molecule has 0 amide bonds. The van der Waals surface area contributed by atoms with Gasteiger partial charge in [-0.25, -0.2) is 9.78 Å². The van der Waals surface area contributed by atoms with Gasteiger partial charge in [0, 0.05) is 0 Å². The van der Waals surface area contributed by atoms with Crippen molar-refractivity contribution in [2.45, 2.75) is 52.6 Å².